The van der Waals surface area contributed by atoms with Crippen LogP contribution < -0.4 is 10.6 Å². The third kappa shape index (κ3) is 14.6. The zero-order valence-electron chi connectivity index (χ0n) is 25.4. The zero-order chi connectivity index (χ0) is 32.3. The average molecular weight is 627 g/mol. The number of alkyl carbamates (subject to hydrolysis) is 1. The number of carbonyl (C=O) groups excluding carboxylic acids is 5. The van der Waals surface area contributed by atoms with Crippen LogP contribution >= 0.6 is 0 Å². The molecule has 0 radical (unpaired) electrons. The molecule has 1 heterocycles. The van der Waals surface area contributed by atoms with E-state index in [0.717, 1.165) is 12.5 Å². The molecule has 0 spiro atoms. The summed E-state index contributed by atoms with van der Waals surface area (Å²) in [7, 11) is 0. The van der Waals surface area contributed by atoms with E-state index < -0.39 is 60.6 Å². The van der Waals surface area contributed by atoms with Crippen LogP contribution in [-0.2, 0) is 63.7 Å². The molecule has 0 bridgehead atoms. The maximum absolute atomic E-state index is 12.0. The second kappa shape index (κ2) is 20.2. The summed E-state index contributed by atoms with van der Waals surface area (Å²) in [6.07, 6.45) is -4.65. The Labute approximate surface area is 256 Å². The largest absolute Gasteiger partial charge is 0.463 e. The summed E-state index contributed by atoms with van der Waals surface area (Å²) in [6.45, 7) is 6.27. The number of hydrogen-bond acceptors (Lipinski definition) is 13. The normalized spacial score (nSPS) is 21.0. The molecular formula is C29H42N2O13. The van der Waals surface area contributed by atoms with Crippen LogP contribution in [0.2, 0.25) is 0 Å². The minimum absolute atomic E-state index is 0.127. The first-order valence-corrected chi connectivity index (χ1v) is 14.2. The number of ether oxygens (including phenoxy) is 8. The standard InChI is InChI=1S/C29H42N2O13/c1-19(32)31-25-27(43-22(4)35)26(42-21(3)34)24(18-40-20(2)33)44-28(25)39-13-8-12-37-15-16-38-14-11-30-29(36)41-17-23-9-6-5-7-10-23/h5-7,9-10,24-28H,8,11-18H2,1-4H3,(H,30,36)(H,31,32)/t24-,25-,26+,27-,28-/m1/s1. The van der Waals surface area contributed by atoms with Gasteiger partial charge in [-0.1, -0.05) is 30.3 Å². The highest BCUT2D eigenvalue weighted by Crippen LogP contribution is 2.28. The molecule has 15 nitrogen and oxygen atoms in total. The molecule has 44 heavy (non-hydrogen) atoms. The maximum atomic E-state index is 12.0. The van der Waals surface area contributed by atoms with E-state index in [2.05, 4.69) is 10.6 Å². The SMILES string of the molecule is CC(=O)N[C@H]1[C@H](OCCCOCCOCCNC(=O)OCc2ccccc2)O[C@H](COC(C)=O)[C@H](OC(C)=O)[C@@H]1OC(C)=O. The first-order chi connectivity index (χ1) is 21.1. The summed E-state index contributed by atoms with van der Waals surface area (Å²) in [4.78, 5) is 58.9. The van der Waals surface area contributed by atoms with Crippen molar-refractivity contribution in [3.63, 3.8) is 0 Å². The highest BCUT2D eigenvalue weighted by Gasteiger charge is 2.51. The molecule has 0 saturated carbocycles. The van der Waals surface area contributed by atoms with Gasteiger partial charge in [-0.3, -0.25) is 19.2 Å². The molecule has 1 aliphatic rings. The van der Waals surface area contributed by atoms with Gasteiger partial charge in [0, 0.05) is 40.8 Å². The first kappa shape index (κ1) is 36.4. The van der Waals surface area contributed by atoms with E-state index in [-0.39, 0.29) is 33.0 Å². The molecule has 1 fully saturated rings. The first-order valence-electron chi connectivity index (χ1n) is 14.2. The van der Waals surface area contributed by atoms with Crippen molar-refractivity contribution in [1.82, 2.24) is 10.6 Å². The molecule has 1 aromatic rings. The van der Waals surface area contributed by atoms with Crippen LogP contribution in [0.4, 0.5) is 4.79 Å². The molecule has 0 aliphatic carbocycles. The summed E-state index contributed by atoms with van der Waals surface area (Å²) >= 11 is 0. The number of rotatable bonds is 18. The van der Waals surface area contributed by atoms with Gasteiger partial charge in [0.15, 0.2) is 18.5 Å². The molecule has 0 aromatic heterocycles. The number of hydrogen-bond donors (Lipinski definition) is 2. The molecule has 246 valence electrons. The van der Waals surface area contributed by atoms with Gasteiger partial charge in [-0.25, -0.2) is 4.79 Å². The Kier molecular flexibility index (Phi) is 16.7. The number of esters is 3. The van der Waals surface area contributed by atoms with E-state index in [0.29, 0.717) is 26.2 Å². The molecule has 1 aromatic carbocycles. The Morgan fingerprint density at radius 3 is 2.07 bits per heavy atom. The summed E-state index contributed by atoms with van der Waals surface area (Å²) in [5.74, 6) is -2.45. The second-order valence-corrected chi connectivity index (χ2v) is 9.66. The van der Waals surface area contributed by atoms with Crippen molar-refractivity contribution in [3.05, 3.63) is 35.9 Å². The van der Waals surface area contributed by atoms with E-state index in [1.165, 1.54) is 20.8 Å². The van der Waals surface area contributed by atoms with Crippen LogP contribution in [0.3, 0.4) is 0 Å². The van der Waals surface area contributed by atoms with Crippen LogP contribution in [0.25, 0.3) is 0 Å². The van der Waals surface area contributed by atoms with Crippen LogP contribution in [0.15, 0.2) is 30.3 Å². The van der Waals surface area contributed by atoms with Gasteiger partial charge in [-0.2, -0.15) is 0 Å². The Balaban J connectivity index is 1.74. The van der Waals surface area contributed by atoms with Crippen molar-refractivity contribution in [2.45, 2.75) is 71.4 Å². The zero-order valence-corrected chi connectivity index (χ0v) is 25.4. The molecule has 1 saturated heterocycles. The van der Waals surface area contributed by atoms with Gasteiger partial charge < -0.3 is 48.5 Å². The lowest BCUT2D eigenvalue weighted by atomic mass is 9.96. The van der Waals surface area contributed by atoms with Crippen molar-refractivity contribution in [2.75, 3.05) is 46.2 Å². The van der Waals surface area contributed by atoms with Gasteiger partial charge in [-0.05, 0) is 12.0 Å². The highest BCUT2D eigenvalue weighted by atomic mass is 16.7. The van der Waals surface area contributed by atoms with Crippen molar-refractivity contribution in [3.8, 4) is 0 Å². The van der Waals surface area contributed by atoms with E-state index in [1.807, 2.05) is 30.3 Å². The second-order valence-electron chi connectivity index (χ2n) is 9.66. The lowest BCUT2D eigenvalue weighted by Gasteiger charge is -2.44. The van der Waals surface area contributed by atoms with E-state index in [1.54, 1.807) is 0 Å². The lowest BCUT2D eigenvalue weighted by molar-refractivity contribution is -0.278. The molecule has 2 rings (SSSR count). The molecule has 2 N–H and O–H groups in total. The molecule has 5 atom stereocenters. The molecule has 15 heteroatoms. The fourth-order valence-corrected chi connectivity index (χ4v) is 4.12. The van der Waals surface area contributed by atoms with Crippen molar-refractivity contribution in [2.24, 2.45) is 0 Å². The number of amides is 2. The van der Waals surface area contributed by atoms with E-state index in [9.17, 15) is 24.0 Å². The highest BCUT2D eigenvalue weighted by molar-refractivity contribution is 5.73. The number of benzene rings is 1. The van der Waals surface area contributed by atoms with Crippen LogP contribution in [0, 0.1) is 0 Å². The summed E-state index contributed by atoms with van der Waals surface area (Å²) in [5.41, 5.74) is 0.891. The minimum atomic E-state index is -1.19. The third-order valence-corrected chi connectivity index (χ3v) is 5.89. The van der Waals surface area contributed by atoms with Crippen LogP contribution in [-0.4, -0.2) is 107 Å². The van der Waals surface area contributed by atoms with Gasteiger partial charge in [0.25, 0.3) is 0 Å². The quantitative estimate of drug-likeness (QED) is 0.134. The Hall–Kier alpha value is -3.79. The van der Waals surface area contributed by atoms with Gasteiger partial charge >= 0.3 is 24.0 Å². The fourth-order valence-electron chi connectivity index (χ4n) is 4.12. The fraction of sp³-hybridized carbons (Fsp3) is 0.621. The Bertz CT molecular complexity index is 1050. The number of carbonyl (C=O) groups is 5. The van der Waals surface area contributed by atoms with Gasteiger partial charge in [0.1, 0.15) is 25.4 Å². The summed E-state index contributed by atoms with van der Waals surface area (Å²) in [6, 6.07) is 8.30. The van der Waals surface area contributed by atoms with Crippen LogP contribution in [0.5, 0.6) is 0 Å². The van der Waals surface area contributed by atoms with Gasteiger partial charge in [0.05, 0.1) is 26.4 Å². The molecular weight excluding hydrogens is 584 g/mol. The summed E-state index contributed by atoms with van der Waals surface area (Å²) < 4.78 is 43.7. The van der Waals surface area contributed by atoms with Crippen LogP contribution in [0.1, 0.15) is 39.7 Å². The minimum Gasteiger partial charge on any atom is -0.463 e. The lowest BCUT2D eigenvalue weighted by Crippen LogP contribution is -2.66. The third-order valence-electron chi connectivity index (χ3n) is 5.89. The smallest absolute Gasteiger partial charge is 0.407 e. The van der Waals surface area contributed by atoms with Gasteiger partial charge in [-0.15, -0.1) is 0 Å². The maximum Gasteiger partial charge on any atom is 0.407 e. The van der Waals surface area contributed by atoms with Crippen molar-refractivity contribution >= 4 is 29.9 Å². The summed E-state index contributed by atoms with van der Waals surface area (Å²) in [5, 5.41) is 5.24. The Morgan fingerprint density at radius 1 is 0.773 bits per heavy atom. The number of nitrogens with one attached hydrogen (secondary N) is 2. The molecule has 0 unspecified atom stereocenters. The monoisotopic (exact) mass is 626 g/mol. The predicted molar refractivity (Wildman–Crippen MR) is 151 cm³/mol. The van der Waals surface area contributed by atoms with E-state index in [4.69, 9.17) is 37.9 Å². The molecule has 1 aliphatic heterocycles. The van der Waals surface area contributed by atoms with Crippen molar-refractivity contribution in [1.29, 1.82) is 0 Å². The van der Waals surface area contributed by atoms with Crippen molar-refractivity contribution < 1.29 is 61.9 Å². The Morgan fingerprint density at radius 2 is 1.43 bits per heavy atom. The average Bonchev–Trinajstić information content (AvgIpc) is 2.96. The molecule has 2 amide bonds. The van der Waals surface area contributed by atoms with Gasteiger partial charge in [0.2, 0.25) is 5.91 Å². The topological polar surface area (TPSA) is 183 Å². The predicted octanol–water partition coefficient (Wildman–Crippen LogP) is 1.01. The van der Waals surface area contributed by atoms with E-state index >= 15 is 0 Å².